The molecule has 5 heteroatoms. The maximum atomic E-state index is 12.8. The van der Waals surface area contributed by atoms with E-state index in [1.165, 1.54) is 11.1 Å². The van der Waals surface area contributed by atoms with Gasteiger partial charge in [0.1, 0.15) is 12.6 Å². The highest BCUT2D eigenvalue weighted by molar-refractivity contribution is 5.80. The number of hydrogen-bond acceptors (Lipinski definition) is 4. The summed E-state index contributed by atoms with van der Waals surface area (Å²) in [7, 11) is 0. The first-order valence-corrected chi connectivity index (χ1v) is 9.77. The van der Waals surface area contributed by atoms with Crippen LogP contribution in [0.3, 0.4) is 0 Å². The SMILES string of the molecule is CCC(C)C(CC(N)C(=O)O)C(=O)OCC1c2ccccc2-c2ccccc21. The molecule has 0 aliphatic heterocycles. The predicted octanol–water partition coefficient (Wildman–Crippen LogP) is 3.81. The average molecular weight is 381 g/mol. The third-order valence-electron chi connectivity index (χ3n) is 5.81. The van der Waals surface area contributed by atoms with Crippen molar-refractivity contribution in [2.24, 2.45) is 17.6 Å². The van der Waals surface area contributed by atoms with Gasteiger partial charge in [-0.05, 0) is 34.6 Å². The molecule has 3 rings (SSSR count). The molecule has 3 N–H and O–H groups in total. The van der Waals surface area contributed by atoms with Crippen molar-refractivity contribution in [2.75, 3.05) is 6.61 Å². The lowest BCUT2D eigenvalue weighted by molar-refractivity contribution is -0.151. The van der Waals surface area contributed by atoms with Crippen molar-refractivity contribution >= 4 is 11.9 Å². The molecule has 2 aromatic rings. The Morgan fingerprint density at radius 3 is 2.11 bits per heavy atom. The minimum Gasteiger partial charge on any atom is -0.480 e. The van der Waals surface area contributed by atoms with E-state index < -0.39 is 17.9 Å². The van der Waals surface area contributed by atoms with Gasteiger partial charge in [-0.2, -0.15) is 0 Å². The number of carboxylic acid groups (broad SMARTS) is 1. The van der Waals surface area contributed by atoms with Crippen molar-refractivity contribution in [3.05, 3.63) is 59.7 Å². The van der Waals surface area contributed by atoms with E-state index >= 15 is 0 Å². The van der Waals surface area contributed by atoms with E-state index in [2.05, 4.69) is 24.3 Å². The Morgan fingerprint density at radius 1 is 1.07 bits per heavy atom. The Morgan fingerprint density at radius 2 is 1.61 bits per heavy atom. The number of nitrogens with two attached hydrogens (primary N) is 1. The fourth-order valence-electron chi connectivity index (χ4n) is 3.93. The highest BCUT2D eigenvalue weighted by Gasteiger charge is 2.33. The average Bonchev–Trinajstić information content (AvgIpc) is 3.03. The molecule has 0 heterocycles. The van der Waals surface area contributed by atoms with Gasteiger partial charge < -0.3 is 15.6 Å². The van der Waals surface area contributed by atoms with Gasteiger partial charge in [0, 0.05) is 5.92 Å². The van der Waals surface area contributed by atoms with Gasteiger partial charge in [0.25, 0.3) is 0 Å². The Hall–Kier alpha value is -2.66. The highest BCUT2D eigenvalue weighted by atomic mass is 16.5. The minimum atomic E-state index is -1.10. The Bertz CT molecular complexity index is 818. The molecule has 1 aliphatic carbocycles. The molecule has 1 aliphatic rings. The summed E-state index contributed by atoms with van der Waals surface area (Å²) in [4.78, 5) is 23.9. The first-order valence-electron chi connectivity index (χ1n) is 9.77. The first-order chi connectivity index (χ1) is 13.4. The second-order valence-corrected chi connectivity index (χ2v) is 7.53. The Labute approximate surface area is 165 Å². The fraction of sp³-hybridized carbons (Fsp3) is 0.391. The van der Waals surface area contributed by atoms with E-state index in [1.807, 2.05) is 38.1 Å². The summed E-state index contributed by atoms with van der Waals surface area (Å²) in [5.41, 5.74) is 10.3. The summed E-state index contributed by atoms with van der Waals surface area (Å²) < 4.78 is 5.72. The normalized spacial score (nSPS) is 16.0. The van der Waals surface area contributed by atoms with Gasteiger partial charge in [0.15, 0.2) is 0 Å². The number of aliphatic carboxylic acids is 1. The van der Waals surface area contributed by atoms with Crippen LogP contribution in [-0.4, -0.2) is 29.7 Å². The molecule has 3 atom stereocenters. The van der Waals surface area contributed by atoms with Crippen LogP contribution in [-0.2, 0) is 14.3 Å². The molecule has 0 saturated heterocycles. The van der Waals surface area contributed by atoms with Crippen LogP contribution >= 0.6 is 0 Å². The van der Waals surface area contributed by atoms with E-state index in [0.717, 1.165) is 17.5 Å². The molecular weight excluding hydrogens is 354 g/mol. The van der Waals surface area contributed by atoms with E-state index in [-0.39, 0.29) is 30.8 Å². The molecule has 28 heavy (non-hydrogen) atoms. The molecule has 0 saturated carbocycles. The summed E-state index contributed by atoms with van der Waals surface area (Å²) in [6, 6.07) is 15.3. The molecule has 0 aromatic heterocycles. The van der Waals surface area contributed by atoms with Crippen LogP contribution in [0.15, 0.2) is 48.5 Å². The summed E-state index contributed by atoms with van der Waals surface area (Å²) in [6.45, 7) is 4.14. The van der Waals surface area contributed by atoms with Crippen LogP contribution in [0.25, 0.3) is 11.1 Å². The molecule has 0 bridgehead atoms. The zero-order valence-corrected chi connectivity index (χ0v) is 16.3. The zero-order valence-electron chi connectivity index (χ0n) is 16.3. The Balaban J connectivity index is 1.77. The van der Waals surface area contributed by atoms with Crippen molar-refractivity contribution in [3.8, 4) is 11.1 Å². The van der Waals surface area contributed by atoms with Crippen LogP contribution in [0, 0.1) is 11.8 Å². The lowest BCUT2D eigenvalue weighted by atomic mass is 9.86. The number of carbonyl (C=O) groups excluding carboxylic acids is 1. The summed E-state index contributed by atoms with van der Waals surface area (Å²) >= 11 is 0. The molecule has 0 spiro atoms. The van der Waals surface area contributed by atoms with E-state index in [0.29, 0.717) is 0 Å². The van der Waals surface area contributed by atoms with Crippen LogP contribution < -0.4 is 5.73 Å². The molecule has 0 radical (unpaired) electrons. The number of benzene rings is 2. The van der Waals surface area contributed by atoms with Crippen molar-refractivity contribution in [2.45, 2.75) is 38.6 Å². The summed E-state index contributed by atoms with van der Waals surface area (Å²) in [5, 5.41) is 9.11. The van der Waals surface area contributed by atoms with Gasteiger partial charge in [-0.25, -0.2) is 0 Å². The van der Waals surface area contributed by atoms with E-state index in [1.54, 1.807) is 0 Å². The molecule has 5 nitrogen and oxygen atoms in total. The van der Waals surface area contributed by atoms with Gasteiger partial charge in [-0.15, -0.1) is 0 Å². The zero-order chi connectivity index (χ0) is 20.3. The fourth-order valence-corrected chi connectivity index (χ4v) is 3.93. The second kappa shape index (κ2) is 8.57. The smallest absolute Gasteiger partial charge is 0.320 e. The molecule has 2 aromatic carbocycles. The number of fused-ring (bicyclic) bond motifs is 3. The van der Waals surface area contributed by atoms with Crippen molar-refractivity contribution < 1.29 is 19.4 Å². The molecule has 148 valence electrons. The van der Waals surface area contributed by atoms with Gasteiger partial charge in [0.05, 0.1) is 5.92 Å². The summed E-state index contributed by atoms with van der Waals surface area (Å²) in [6.07, 6.45) is 0.836. The number of carboxylic acids is 1. The second-order valence-electron chi connectivity index (χ2n) is 7.53. The third kappa shape index (κ3) is 3.94. The number of hydrogen-bond donors (Lipinski definition) is 2. The van der Waals surface area contributed by atoms with E-state index in [9.17, 15) is 9.59 Å². The van der Waals surface area contributed by atoms with Crippen LogP contribution in [0.4, 0.5) is 0 Å². The third-order valence-corrected chi connectivity index (χ3v) is 5.81. The number of esters is 1. The number of carbonyl (C=O) groups is 2. The van der Waals surface area contributed by atoms with Crippen molar-refractivity contribution in [3.63, 3.8) is 0 Å². The van der Waals surface area contributed by atoms with Gasteiger partial charge in [-0.3, -0.25) is 9.59 Å². The largest absolute Gasteiger partial charge is 0.480 e. The lowest BCUT2D eigenvalue weighted by Crippen LogP contribution is -2.37. The molecular formula is C23H27NO4. The first kappa shape index (κ1) is 20.1. The highest BCUT2D eigenvalue weighted by Crippen LogP contribution is 2.44. The maximum Gasteiger partial charge on any atom is 0.320 e. The maximum absolute atomic E-state index is 12.8. The molecule has 3 unspecified atom stereocenters. The van der Waals surface area contributed by atoms with Crippen molar-refractivity contribution in [1.29, 1.82) is 0 Å². The van der Waals surface area contributed by atoms with E-state index in [4.69, 9.17) is 15.6 Å². The molecule has 0 amide bonds. The topological polar surface area (TPSA) is 89.6 Å². The quantitative estimate of drug-likeness (QED) is 0.679. The van der Waals surface area contributed by atoms with Crippen LogP contribution in [0.1, 0.15) is 43.7 Å². The standard InChI is InChI=1S/C23H27NO4/c1-3-14(2)19(12-21(24)22(25)26)23(27)28-13-20-17-10-6-4-8-15(17)16-9-5-7-11-18(16)20/h4-11,14,19-21H,3,12-13,24H2,1-2H3,(H,25,26). The number of ether oxygens (including phenoxy) is 1. The van der Waals surface area contributed by atoms with Crippen LogP contribution in [0.5, 0.6) is 0 Å². The van der Waals surface area contributed by atoms with Crippen LogP contribution in [0.2, 0.25) is 0 Å². The van der Waals surface area contributed by atoms with Crippen molar-refractivity contribution in [1.82, 2.24) is 0 Å². The monoisotopic (exact) mass is 381 g/mol. The predicted molar refractivity (Wildman–Crippen MR) is 108 cm³/mol. The van der Waals surface area contributed by atoms with Gasteiger partial charge >= 0.3 is 11.9 Å². The Kier molecular flexibility index (Phi) is 6.15. The summed E-state index contributed by atoms with van der Waals surface area (Å²) in [5.74, 6) is -2.00. The number of rotatable bonds is 8. The molecule has 0 fully saturated rings. The minimum absolute atomic E-state index is 0.000973. The van der Waals surface area contributed by atoms with Gasteiger partial charge in [-0.1, -0.05) is 68.8 Å². The van der Waals surface area contributed by atoms with Gasteiger partial charge in [0.2, 0.25) is 0 Å². The lowest BCUT2D eigenvalue weighted by Gasteiger charge is -2.24.